The number of rotatable bonds is 14. The zero-order chi connectivity index (χ0) is 31.7. The highest BCUT2D eigenvalue weighted by molar-refractivity contribution is 6.06. The van der Waals surface area contributed by atoms with E-state index in [0.717, 1.165) is 43.4 Å². The molecule has 9 heteroatoms. The van der Waals surface area contributed by atoms with Gasteiger partial charge in [0.05, 0.1) is 17.7 Å². The average Bonchev–Trinajstić information content (AvgIpc) is 3.01. The number of benzene rings is 3. The van der Waals surface area contributed by atoms with Gasteiger partial charge in [0.15, 0.2) is 0 Å². The minimum atomic E-state index is -4.44. The number of fused-ring (bicyclic) bond motifs is 1. The van der Waals surface area contributed by atoms with Crippen LogP contribution in [0.5, 0.6) is 0 Å². The van der Waals surface area contributed by atoms with Gasteiger partial charge in [0.2, 0.25) is 0 Å². The maximum Gasteiger partial charge on any atom is 0.416 e. The molecule has 0 radical (unpaired) electrons. The number of carbonyl (C=O) groups excluding carboxylic acids is 1. The zero-order valence-corrected chi connectivity index (χ0v) is 25.1. The molecule has 1 heterocycles. The van der Waals surface area contributed by atoms with Crippen LogP contribution < -0.4 is 16.2 Å². The molecule has 0 saturated heterocycles. The summed E-state index contributed by atoms with van der Waals surface area (Å²) in [5.41, 5.74) is 0.783. The number of carbonyl (C=O) groups is 1. The number of aliphatic hydroxyl groups is 1. The molecule has 2 atom stereocenters. The number of halogens is 3. The van der Waals surface area contributed by atoms with Crippen LogP contribution in [0.3, 0.4) is 0 Å². The molecule has 6 nitrogen and oxygen atoms in total. The summed E-state index contributed by atoms with van der Waals surface area (Å²) in [7, 11) is 0. The molecule has 3 N–H and O–H groups in total. The lowest BCUT2D eigenvalue weighted by molar-refractivity contribution is -0.137. The van der Waals surface area contributed by atoms with Gasteiger partial charge in [0.1, 0.15) is 0 Å². The van der Waals surface area contributed by atoms with Crippen molar-refractivity contribution in [3.8, 4) is 0 Å². The summed E-state index contributed by atoms with van der Waals surface area (Å²) >= 11 is 0. The lowest BCUT2D eigenvalue weighted by Crippen LogP contribution is -2.48. The minimum Gasteiger partial charge on any atom is -0.390 e. The van der Waals surface area contributed by atoms with Crippen molar-refractivity contribution < 1.29 is 23.1 Å². The topological polar surface area (TPSA) is 83.4 Å². The van der Waals surface area contributed by atoms with Crippen LogP contribution in [-0.4, -0.2) is 34.3 Å². The van der Waals surface area contributed by atoms with Crippen molar-refractivity contribution in [2.45, 2.75) is 76.9 Å². The molecule has 4 aromatic rings. The lowest BCUT2D eigenvalue weighted by atomic mass is 9.99. The molecule has 0 unspecified atom stereocenters. The SMILES string of the molecule is CCCC(CCC)n1ccc2c(C(=O)N[C@@H](Cc3ccccc3)[C@@H](O)CNCc3cccc(C(F)(F)F)c3)cccc2c1=O. The van der Waals surface area contributed by atoms with Crippen molar-refractivity contribution in [2.24, 2.45) is 0 Å². The fraction of sp³-hybridized carbons (Fsp3) is 0.371. The first-order valence-corrected chi connectivity index (χ1v) is 15.2. The largest absolute Gasteiger partial charge is 0.416 e. The van der Waals surface area contributed by atoms with Crippen LogP contribution in [0, 0.1) is 0 Å². The van der Waals surface area contributed by atoms with Gasteiger partial charge in [-0.3, -0.25) is 9.59 Å². The molecule has 0 spiro atoms. The Morgan fingerprint density at radius 3 is 2.25 bits per heavy atom. The summed E-state index contributed by atoms with van der Waals surface area (Å²) in [4.78, 5) is 27.2. The zero-order valence-electron chi connectivity index (χ0n) is 25.1. The highest BCUT2D eigenvalue weighted by Gasteiger charge is 2.30. The summed E-state index contributed by atoms with van der Waals surface area (Å²) in [6.07, 6.45) is 0.288. The second-order valence-electron chi connectivity index (χ2n) is 11.2. The molecule has 4 rings (SSSR count). The van der Waals surface area contributed by atoms with Crippen molar-refractivity contribution in [3.63, 3.8) is 0 Å². The van der Waals surface area contributed by atoms with E-state index in [1.54, 1.807) is 35.0 Å². The Labute approximate surface area is 255 Å². The monoisotopic (exact) mass is 607 g/mol. The van der Waals surface area contributed by atoms with Crippen molar-refractivity contribution in [3.05, 3.63) is 118 Å². The third-order valence-corrected chi connectivity index (χ3v) is 7.87. The molecule has 0 saturated carbocycles. The average molecular weight is 608 g/mol. The van der Waals surface area contributed by atoms with Crippen molar-refractivity contribution >= 4 is 16.7 Å². The Kier molecular flexibility index (Phi) is 11.4. The second-order valence-corrected chi connectivity index (χ2v) is 11.2. The van der Waals surface area contributed by atoms with E-state index < -0.39 is 29.8 Å². The Hall–Kier alpha value is -3.95. The number of alkyl halides is 3. The Balaban J connectivity index is 1.54. The van der Waals surface area contributed by atoms with Crippen LogP contribution in [0.25, 0.3) is 10.8 Å². The van der Waals surface area contributed by atoms with Crippen LogP contribution in [0.15, 0.2) is 89.9 Å². The maximum atomic E-state index is 13.7. The number of aromatic nitrogens is 1. The van der Waals surface area contributed by atoms with Gasteiger partial charge in [-0.05, 0) is 54.7 Å². The van der Waals surface area contributed by atoms with Crippen molar-refractivity contribution in [1.82, 2.24) is 15.2 Å². The second kappa shape index (κ2) is 15.2. The van der Waals surface area contributed by atoms with E-state index in [1.807, 2.05) is 36.4 Å². The number of pyridine rings is 1. The molecule has 0 bridgehead atoms. The van der Waals surface area contributed by atoms with E-state index in [2.05, 4.69) is 24.5 Å². The van der Waals surface area contributed by atoms with Gasteiger partial charge in [-0.2, -0.15) is 13.2 Å². The summed E-state index contributed by atoms with van der Waals surface area (Å²) in [6.45, 7) is 4.33. The number of hydrogen-bond donors (Lipinski definition) is 3. The first-order valence-electron chi connectivity index (χ1n) is 15.2. The molecular weight excluding hydrogens is 567 g/mol. The summed E-state index contributed by atoms with van der Waals surface area (Å²) in [5, 5.41) is 18.2. The van der Waals surface area contributed by atoms with Gasteiger partial charge < -0.3 is 20.3 Å². The van der Waals surface area contributed by atoms with Crippen LogP contribution in [0.2, 0.25) is 0 Å². The van der Waals surface area contributed by atoms with E-state index >= 15 is 0 Å². The number of aliphatic hydroxyl groups excluding tert-OH is 1. The first kappa shape index (κ1) is 33.0. The molecule has 44 heavy (non-hydrogen) atoms. The van der Waals surface area contributed by atoms with Crippen LogP contribution in [0.1, 0.15) is 72.6 Å². The third kappa shape index (κ3) is 8.36. The number of amides is 1. The molecule has 0 aliphatic carbocycles. The molecule has 1 aromatic heterocycles. The molecule has 1 amide bonds. The smallest absolute Gasteiger partial charge is 0.390 e. The van der Waals surface area contributed by atoms with E-state index in [4.69, 9.17) is 0 Å². The number of hydrogen-bond acceptors (Lipinski definition) is 4. The molecule has 0 fully saturated rings. The summed E-state index contributed by atoms with van der Waals surface area (Å²) < 4.78 is 41.1. The molecular formula is C35H40F3N3O3. The van der Waals surface area contributed by atoms with Crippen LogP contribution in [0.4, 0.5) is 13.2 Å². The predicted molar refractivity (Wildman–Crippen MR) is 168 cm³/mol. The van der Waals surface area contributed by atoms with Gasteiger partial charge in [-0.15, -0.1) is 0 Å². The highest BCUT2D eigenvalue weighted by Crippen LogP contribution is 2.29. The Bertz CT molecular complexity index is 1580. The predicted octanol–water partition coefficient (Wildman–Crippen LogP) is 6.65. The Morgan fingerprint density at radius 2 is 1.57 bits per heavy atom. The van der Waals surface area contributed by atoms with E-state index in [9.17, 15) is 27.9 Å². The molecule has 0 aliphatic heterocycles. The number of nitrogens with one attached hydrogen (secondary N) is 2. The molecule has 234 valence electrons. The minimum absolute atomic E-state index is 0.0323. The van der Waals surface area contributed by atoms with Crippen molar-refractivity contribution in [2.75, 3.05) is 6.54 Å². The molecule has 3 aromatic carbocycles. The van der Waals surface area contributed by atoms with Crippen LogP contribution >= 0.6 is 0 Å². The highest BCUT2D eigenvalue weighted by atomic mass is 19.4. The fourth-order valence-electron chi connectivity index (χ4n) is 5.63. The van der Waals surface area contributed by atoms with E-state index in [0.29, 0.717) is 28.3 Å². The van der Waals surface area contributed by atoms with E-state index in [-0.39, 0.29) is 24.7 Å². The summed E-state index contributed by atoms with van der Waals surface area (Å²) in [6, 6.07) is 20.7. The third-order valence-electron chi connectivity index (χ3n) is 7.87. The van der Waals surface area contributed by atoms with Crippen molar-refractivity contribution in [1.29, 1.82) is 0 Å². The van der Waals surface area contributed by atoms with Gasteiger partial charge in [-0.25, -0.2) is 0 Å². The lowest BCUT2D eigenvalue weighted by Gasteiger charge is -2.25. The van der Waals surface area contributed by atoms with Gasteiger partial charge >= 0.3 is 6.18 Å². The van der Waals surface area contributed by atoms with E-state index in [1.165, 1.54) is 6.07 Å². The summed E-state index contributed by atoms with van der Waals surface area (Å²) in [5.74, 6) is -0.427. The normalized spacial score (nSPS) is 13.2. The maximum absolute atomic E-state index is 13.7. The van der Waals surface area contributed by atoms with Crippen LogP contribution in [-0.2, 0) is 19.1 Å². The Morgan fingerprint density at radius 1 is 0.886 bits per heavy atom. The number of nitrogens with zero attached hydrogens (tertiary/aromatic N) is 1. The van der Waals surface area contributed by atoms with Gasteiger partial charge in [0.25, 0.3) is 11.5 Å². The van der Waals surface area contributed by atoms with Gasteiger partial charge in [0, 0.05) is 41.7 Å². The quantitative estimate of drug-likeness (QED) is 0.150. The fourth-order valence-corrected chi connectivity index (χ4v) is 5.63. The molecule has 0 aliphatic rings. The first-order chi connectivity index (χ1) is 21.1. The standard InChI is InChI=1S/C35H40F3N3O3/c1-3-10-27(11-4-2)41-19-18-28-29(16-9-17-30(28)34(41)44)33(43)40-31(21-24-12-6-5-7-13-24)32(42)23-39-22-25-14-8-15-26(20-25)35(36,37)38/h5-9,12-20,27,31-32,39,42H,3-4,10-11,21-23H2,1-2H3,(H,40,43)/t31-,32-/m0/s1. The van der Waals surface area contributed by atoms with Gasteiger partial charge in [-0.1, -0.05) is 81.3 Å².